The molecule has 1 aliphatic rings. The molecule has 0 bridgehead atoms. The molecule has 0 saturated carbocycles. The quantitative estimate of drug-likeness (QED) is 0.704. The van der Waals surface area contributed by atoms with Gasteiger partial charge in [-0.2, -0.15) is 4.31 Å². The minimum Gasteiger partial charge on any atom is -0.350 e. The Kier molecular flexibility index (Phi) is 8.20. The summed E-state index contributed by atoms with van der Waals surface area (Å²) in [6.45, 7) is -0.661. The van der Waals surface area contributed by atoms with E-state index >= 15 is 0 Å². The fraction of sp³-hybridized carbons (Fsp3) is 0.643. The molecule has 0 aliphatic carbocycles. The molecule has 1 fully saturated rings. The molecule has 1 aromatic rings. The van der Waals surface area contributed by atoms with Crippen molar-refractivity contribution in [3.8, 4) is 0 Å². The molecule has 0 unspecified atom stereocenters. The Morgan fingerprint density at radius 2 is 1.92 bits per heavy atom. The number of rotatable bonds is 7. The van der Waals surface area contributed by atoms with E-state index in [0.29, 0.717) is 18.0 Å². The van der Waals surface area contributed by atoms with E-state index in [9.17, 15) is 22.0 Å². The van der Waals surface area contributed by atoms with E-state index in [1.54, 1.807) is 6.07 Å². The van der Waals surface area contributed by atoms with Crippen molar-refractivity contribution in [2.45, 2.75) is 35.8 Å². The van der Waals surface area contributed by atoms with Crippen molar-refractivity contribution in [2.24, 2.45) is 5.73 Å². The number of sulfonamides is 1. The normalized spacial score (nSPS) is 16.3. The van der Waals surface area contributed by atoms with Gasteiger partial charge in [0, 0.05) is 18.0 Å². The number of piperidine rings is 1. The first kappa shape index (κ1) is 22.2. The highest BCUT2D eigenvalue weighted by atomic mass is 35.5. The number of carbonyl (C=O) groups excluding carboxylic acids is 1. The van der Waals surface area contributed by atoms with Crippen LogP contribution >= 0.6 is 23.7 Å². The second kappa shape index (κ2) is 9.22. The van der Waals surface area contributed by atoms with Gasteiger partial charge in [0.25, 0.3) is 15.9 Å². The van der Waals surface area contributed by atoms with E-state index in [4.69, 9.17) is 5.73 Å². The van der Waals surface area contributed by atoms with Gasteiger partial charge in [0.2, 0.25) is 5.91 Å². The lowest BCUT2D eigenvalue weighted by atomic mass is 10.2. The summed E-state index contributed by atoms with van der Waals surface area (Å²) in [5, 5.41) is 2.11. The molecule has 25 heavy (non-hydrogen) atoms. The monoisotopic (exact) mass is 417 g/mol. The number of carbonyl (C=O) groups is 1. The maximum absolute atomic E-state index is 13.0. The molecule has 0 radical (unpaired) electrons. The SMILES string of the molecule is Cl.NCC(F)(F)CNC(=O)Cc1ccc(S(=O)(=O)N2CCCCC2)s1. The number of nitrogens with one attached hydrogen (secondary N) is 1. The minimum atomic E-state index is -3.53. The molecular formula is C14H22ClF2N3O3S2. The van der Waals surface area contributed by atoms with Crippen LogP contribution in [0.5, 0.6) is 0 Å². The van der Waals surface area contributed by atoms with Crippen LogP contribution in [0.4, 0.5) is 8.78 Å². The highest BCUT2D eigenvalue weighted by Crippen LogP contribution is 2.27. The van der Waals surface area contributed by atoms with Gasteiger partial charge in [-0.05, 0) is 25.0 Å². The summed E-state index contributed by atoms with van der Waals surface area (Å²) >= 11 is 0.998. The zero-order valence-electron chi connectivity index (χ0n) is 13.5. The van der Waals surface area contributed by atoms with Crippen molar-refractivity contribution < 1.29 is 22.0 Å². The molecule has 3 N–H and O–H groups in total. The lowest BCUT2D eigenvalue weighted by Gasteiger charge is -2.25. The first-order chi connectivity index (χ1) is 11.2. The molecule has 0 spiro atoms. The van der Waals surface area contributed by atoms with Gasteiger partial charge >= 0.3 is 0 Å². The maximum atomic E-state index is 13.0. The molecule has 0 atom stereocenters. The zero-order valence-corrected chi connectivity index (χ0v) is 16.0. The molecule has 2 rings (SSSR count). The molecule has 1 aliphatic heterocycles. The second-order valence-corrected chi connectivity index (χ2v) is 9.03. The number of hydrogen-bond donors (Lipinski definition) is 2. The maximum Gasteiger partial charge on any atom is 0.277 e. The van der Waals surface area contributed by atoms with Gasteiger partial charge in [0.1, 0.15) is 4.21 Å². The van der Waals surface area contributed by atoms with Crippen LogP contribution in [-0.4, -0.2) is 50.7 Å². The van der Waals surface area contributed by atoms with E-state index in [2.05, 4.69) is 5.32 Å². The van der Waals surface area contributed by atoms with Crippen molar-refractivity contribution in [3.05, 3.63) is 17.0 Å². The molecule has 11 heteroatoms. The van der Waals surface area contributed by atoms with Crippen LogP contribution < -0.4 is 11.1 Å². The van der Waals surface area contributed by atoms with Gasteiger partial charge in [-0.15, -0.1) is 23.7 Å². The predicted octanol–water partition coefficient (Wildman–Crippen LogP) is 1.60. The van der Waals surface area contributed by atoms with Crippen molar-refractivity contribution in [1.82, 2.24) is 9.62 Å². The molecule has 0 aromatic carbocycles. The number of halogens is 3. The summed E-state index contributed by atoms with van der Waals surface area (Å²) < 4.78 is 52.6. The Bertz CT molecular complexity index is 677. The topological polar surface area (TPSA) is 92.5 Å². The standard InChI is InChI=1S/C14H21F2N3O3S2.ClH/c15-14(16,9-17)10-18-12(20)8-11-4-5-13(23-11)24(21,22)19-6-2-1-3-7-19;/h4-5H,1-3,6-10,17H2,(H,18,20);1H. The van der Waals surface area contributed by atoms with Crippen molar-refractivity contribution >= 4 is 39.7 Å². The Hall–Kier alpha value is -0.810. The fourth-order valence-electron chi connectivity index (χ4n) is 2.35. The van der Waals surface area contributed by atoms with Gasteiger partial charge in [0.05, 0.1) is 19.5 Å². The van der Waals surface area contributed by atoms with Crippen LogP contribution in [-0.2, 0) is 21.2 Å². The lowest BCUT2D eigenvalue weighted by molar-refractivity contribution is -0.122. The third kappa shape index (κ3) is 6.14. The van der Waals surface area contributed by atoms with Gasteiger partial charge in [-0.1, -0.05) is 6.42 Å². The van der Waals surface area contributed by atoms with Crippen molar-refractivity contribution in [1.29, 1.82) is 0 Å². The summed E-state index contributed by atoms with van der Waals surface area (Å²) in [4.78, 5) is 12.2. The summed E-state index contributed by atoms with van der Waals surface area (Å²) in [5.74, 6) is -3.74. The van der Waals surface area contributed by atoms with E-state index < -0.39 is 34.9 Å². The van der Waals surface area contributed by atoms with Crippen molar-refractivity contribution in [3.63, 3.8) is 0 Å². The van der Waals surface area contributed by atoms with Gasteiger partial charge in [-0.3, -0.25) is 4.79 Å². The molecule has 1 aromatic heterocycles. The Labute approximate surface area is 156 Å². The Balaban J connectivity index is 0.00000312. The van der Waals surface area contributed by atoms with Crippen LogP contribution in [0.15, 0.2) is 16.3 Å². The number of alkyl halides is 2. The Morgan fingerprint density at radius 3 is 2.52 bits per heavy atom. The molecule has 1 amide bonds. The first-order valence-electron chi connectivity index (χ1n) is 7.68. The average molecular weight is 418 g/mol. The highest BCUT2D eigenvalue weighted by Gasteiger charge is 2.29. The molecule has 2 heterocycles. The minimum absolute atomic E-state index is 0. The number of amides is 1. The van der Waals surface area contributed by atoms with Gasteiger partial charge in [0.15, 0.2) is 0 Å². The summed E-state index contributed by atoms with van der Waals surface area (Å²) in [7, 11) is -3.53. The number of thiophene rings is 1. The second-order valence-electron chi connectivity index (χ2n) is 5.70. The van der Waals surface area contributed by atoms with Gasteiger partial charge < -0.3 is 11.1 Å². The van der Waals surface area contributed by atoms with Crippen LogP contribution in [0, 0.1) is 0 Å². The summed E-state index contributed by atoms with van der Waals surface area (Å²) in [6.07, 6.45) is 2.57. The zero-order chi connectivity index (χ0) is 17.8. The molecular weight excluding hydrogens is 396 g/mol. The van der Waals surface area contributed by atoms with E-state index in [0.717, 1.165) is 30.6 Å². The van der Waals surface area contributed by atoms with Crippen LogP contribution in [0.25, 0.3) is 0 Å². The lowest BCUT2D eigenvalue weighted by Crippen LogP contribution is -2.41. The molecule has 1 saturated heterocycles. The van der Waals surface area contributed by atoms with Crippen LogP contribution in [0.1, 0.15) is 24.1 Å². The Morgan fingerprint density at radius 1 is 1.28 bits per heavy atom. The van der Waals surface area contributed by atoms with E-state index in [1.165, 1.54) is 10.4 Å². The average Bonchev–Trinajstić information content (AvgIpc) is 3.03. The first-order valence-corrected chi connectivity index (χ1v) is 9.94. The number of nitrogens with zero attached hydrogens (tertiary/aromatic N) is 1. The van der Waals surface area contributed by atoms with Crippen LogP contribution in [0.2, 0.25) is 0 Å². The van der Waals surface area contributed by atoms with Gasteiger partial charge in [-0.25, -0.2) is 17.2 Å². The summed E-state index contributed by atoms with van der Waals surface area (Å²) in [5.41, 5.74) is 4.90. The smallest absolute Gasteiger partial charge is 0.277 e. The van der Waals surface area contributed by atoms with E-state index in [-0.39, 0.29) is 23.0 Å². The largest absolute Gasteiger partial charge is 0.350 e. The predicted molar refractivity (Wildman–Crippen MR) is 94.9 cm³/mol. The van der Waals surface area contributed by atoms with Crippen LogP contribution in [0.3, 0.4) is 0 Å². The third-order valence-corrected chi connectivity index (χ3v) is 7.18. The molecule has 6 nitrogen and oxygen atoms in total. The fourth-order valence-corrected chi connectivity index (χ4v) is 5.37. The third-order valence-electron chi connectivity index (χ3n) is 3.72. The van der Waals surface area contributed by atoms with Crippen molar-refractivity contribution in [2.75, 3.05) is 26.2 Å². The number of hydrogen-bond acceptors (Lipinski definition) is 5. The number of nitrogens with two attached hydrogens (primary N) is 1. The van der Waals surface area contributed by atoms with E-state index in [1.807, 2.05) is 0 Å². The highest BCUT2D eigenvalue weighted by molar-refractivity contribution is 7.91. The summed E-state index contributed by atoms with van der Waals surface area (Å²) in [6, 6.07) is 3.01. The molecule has 144 valence electrons.